The van der Waals surface area contributed by atoms with Gasteiger partial charge in [0.1, 0.15) is 0 Å². The van der Waals surface area contributed by atoms with E-state index in [1.807, 2.05) is 0 Å². The Morgan fingerprint density at radius 2 is 2.11 bits per heavy atom. The van der Waals surface area contributed by atoms with Crippen LogP contribution in [0.4, 0.5) is 0 Å². The maximum atomic E-state index is 4.30. The summed E-state index contributed by atoms with van der Waals surface area (Å²) in [4.78, 5) is 4.30. The molecule has 0 bridgehead atoms. The van der Waals surface area contributed by atoms with Crippen molar-refractivity contribution in [3.05, 3.63) is 0 Å². The molecule has 1 aliphatic heterocycles. The summed E-state index contributed by atoms with van der Waals surface area (Å²) in [5.41, 5.74) is 0. The molecule has 0 saturated heterocycles. The van der Waals surface area contributed by atoms with Gasteiger partial charge in [-0.3, -0.25) is 0 Å². The summed E-state index contributed by atoms with van der Waals surface area (Å²) < 4.78 is 0. The zero-order valence-corrected chi connectivity index (χ0v) is 5.71. The average Bonchev–Trinajstić information content (AvgIpc) is 2.33. The summed E-state index contributed by atoms with van der Waals surface area (Å²) in [5, 5.41) is 0. The van der Waals surface area contributed by atoms with Gasteiger partial charge in [-0.05, 0) is 12.8 Å². The monoisotopic (exact) mass is 123 g/mol. The quantitative estimate of drug-likeness (QED) is 0.459. The first kappa shape index (κ1) is 5.45. The third-order valence-corrected chi connectivity index (χ3v) is 2.60. The third kappa shape index (κ3) is 0.887. The lowest BCUT2D eigenvalue weighted by Gasteiger charge is -2.18. The van der Waals surface area contributed by atoms with Gasteiger partial charge >= 0.3 is 0 Å². The van der Waals surface area contributed by atoms with Crippen LogP contribution in [0.1, 0.15) is 25.7 Å². The maximum absolute atomic E-state index is 4.30. The minimum absolute atomic E-state index is 0.874. The average molecular weight is 123 g/mol. The predicted molar refractivity (Wildman–Crippen MR) is 38.5 cm³/mol. The molecule has 2 unspecified atom stereocenters. The molecule has 0 spiro atoms. The lowest BCUT2D eigenvalue weighted by molar-refractivity contribution is 0.329. The molecule has 1 saturated carbocycles. The predicted octanol–water partition coefficient (Wildman–Crippen LogP) is 1.21. The molecule has 1 fully saturated rings. The molecular formula is C8H13N+. The molecule has 1 heteroatoms. The largest absolute Gasteiger partial charge is 0.215 e. The molecule has 2 rings (SSSR count). The van der Waals surface area contributed by atoms with Crippen LogP contribution >= 0.6 is 0 Å². The van der Waals surface area contributed by atoms with E-state index in [9.17, 15) is 0 Å². The van der Waals surface area contributed by atoms with Crippen LogP contribution in [-0.4, -0.2) is 12.8 Å². The van der Waals surface area contributed by atoms with Crippen LogP contribution in [0.15, 0.2) is 0 Å². The zero-order chi connectivity index (χ0) is 6.10. The van der Waals surface area contributed by atoms with E-state index in [0.29, 0.717) is 0 Å². The van der Waals surface area contributed by atoms with Crippen molar-refractivity contribution >= 4 is 6.21 Å². The van der Waals surface area contributed by atoms with Gasteiger partial charge in [-0.2, -0.15) is 0 Å². The first-order valence-electron chi connectivity index (χ1n) is 3.97. The summed E-state index contributed by atoms with van der Waals surface area (Å²) in [6.07, 6.45) is 7.92. The van der Waals surface area contributed by atoms with Crippen molar-refractivity contribution in [2.24, 2.45) is 11.8 Å². The van der Waals surface area contributed by atoms with E-state index in [0.717, 1.165) is 18.4 Å². The maximum Gasteiger partial charge on any atom is 0.215 e. The topological polar surface area (TPSA) is 14.1 Å². The van der Waals surface area contributed by atoms with Gasteiger partial charge in [-0.25, -0.2) is 0 Å². The molecule has 1 nitrogen and oxygen atoms in total. The van der Waals surface area contributed by atoms with E-state index in [-0.39, 0.29) is 0 Å². The third-order valence-electron chi connectivity index (χ3n) is 2.60. The van der Waals surface area contributed by atoms with Crippen molar-refractivity contribution in [3.8, 4) is 0 Å². The number of hydrogen-bond acceptors (Lipinski definition) is 1. The normalized spacial score (nSPS) is 40.9. The molecule has 2 atom stereocenters. The van der Waals surface area contributed by atoms with Gasteiger partial charge in [-0.15, -0.1) is 0 Å². The van der Waals surface area contributed by atoms with E-state index in [2.05, 4.69) is 11.2 Å². The zero-order valence-electron chi connectivity index (χ0n) is 5.71. The van der Waals surface area contributed by atoms with Crippen molar-refractivity contribution in [2.75, 3.05) is 6.54 Å². The Kier molecular flexibility index (Phi) is 1.29. The number of aliphatic imine (C=N–C) groups is 1. The van der Waals surface area contributed by atoms with Crippen molar-refractivity contribution < 1.29 is 0 Å². The van der Waals surface area contributed by atoms with Gasteiger partial charge in [0.05, 0.1) is 5.92 Å². The smallest absolute Gasteiger partial charge is 0.0527 e. The van der Waals surface area contributed by atoms with Crippen LogP contribution in [0.2, 0.25) is 0 Å². The highest BCUT2D eigenvalue weighted by molar-refractivity contribution is 5.62. The van der Waals surface area contributed by atoms with Crippen molar-refractivity contribution in [2.45, 2.75) is 25.7 Å². The molecule has 0 N–H and O–H groups in total. The molecule has 0 aromatic rings. The summed E-state index contributed by atoms with van der Waals surface area (Å²) in [6, 6.07) is 0. The summed E-state index contributed by atoms with van der Waals surface area (Å²) in [5.74, 6) is 1.82. The van der Waals surface area contributed by atoms with Crippen LogP contribution in [-0.2, 0) is 0 Å². The first-order valence-corrected chi connectivity index (χ1v) is 3.97. The van der Waals surface area contributed by atoms with Crippen LogP contribution in [0.5, 0.6) is 0 Å². The van der Waals surface area contributed by atoms with Crippen LogP contribution in [0.3, 0.4) is 0 Å². The molecule has 0 amide bonds. The molecule has 1 heterocycles. The van der Waals surface area contributed by atoms with E-state index in [4.69, 9.17) is 0 Å². The number of fused-ring (bicyclic) bond motifs is 1. The lowest BCUT2D eigenvalue weighted by Crippen LogP contribution is -2.17. The second-order valence-corrected chi connectivity index (χ2v) is 3.22. The van der Waals surface area contributed by atoms with Gasteiger partial charge in [0.2, 0.25) is 12.8 Å². The van der Waals surface area contributed by atoms with E-state index >= 15 is 0 Å². The highest BCUT2D eigenvalue weighted by Gasteiger charge is 2.33. The van der Waals surface area contributed by atoms with Gasteiger partial charge in [0, 0.05) is 10.9 Å². The second kappa shape index (κ2) is 2.13. The Balaban J connectivity index is 2.03. The number of nitrogens with zero attached hydrogens (tertiary/aromatic N) is 1. The molecule has 1 radical (unpaired) electrons. The molecule has 9 heavy (non-hydrogen) atoms. The van der Waals surface area contributed by atoms with Gasteiger partial charge < -0.3 is 0 Å². The van der Waals surface area contributed by atoms with E-state index in [1.165, 1.54) is 25.7 Å². The van der Waals surface area contributed by atoms with Crippen LogP contribution in [0.25, 0.3) is 0 Å². The van der Waals surface area contributed by atoms with Crippen LogP contribution < -0.4 is 4.99 Å². The van der Waals surface area contributed by atoms with Crippen molar-refractivity contribution in [3.63, 3.8) is 0 Å². The molecule has 0 aromatic heterocycles. The van der Waals surface area contributed by atoms with Crippen molar-refractivity contribution in [1.82, 2.24) is 4.99 Å². The first-order chi connectivity index (χ1) is 4.47. The summed E-state index contributed by atoms with van der Waals surface area (Å²) in [7, 11) is 0. The van der Waals surface area contributed by atoms with Gasteiger partial charge in [-0.1, -0.05) is 12.8 Å². The minimum atomic E-state index is 0.874. The van der Waals surface area contributed by atoms with E-state index < -0.39 is 0 Å². The fraction of sp³-hybridized carbons (Fsp3) is 0.875. The minimum Gasteiger partial charge on any atom is -0.0527 e. The highest BCUT2D eigenvalue weighted by atomic mass is 14.8. The molecule has 2 aliphatic rings. The lowest BCUT2D eigenvalue weighted by atomic mass is 9.82. The Morgan fingerprint density at radius 3 is 3.00 bits per heavy atom. The molecular weight excluding hydrogens is 110 g/mol. The highest BCUT2D eigenvalue weighted by Crippen LogP contribution is 2.29. The molecule has 0 aromatic carbocycles. The molecule has 49 valence electrons. The Labute approximate surface area is 56.2 Å². The summed E-state index contributed by atoms with van der Waals surface area (Å²) >= 11 is 0. The SMILES string of the molecule is C1=[N+]CC2CCCCC12. The Morgan fingerprint density at radius 1 is 1.22 bits per heavy atom. The Bertz CT molecular complexity index is 129. The summed E-state index contributed by atoms with van der Waals surface area (Å²) in [6.45, 7) is 1.13. The second-order valence-electron chi connectivity index (χ2n) is 3.22. The standard InChI is InChI=1S/C8H13N/c1-2-4-8-6-9-5-7(8)3-1/h5,7-8H,1-4,6H2/q+1. The number of rotatable bonds is 0. The van der Waals surface area contributed by atoms with E-state index in [1.54, 1.807) is 0 Å². The Hall–Kier alpha value is -0.330. The van der Waals surface area contributed by atoms with Gasteiger partial charge in [0.15, 0.2) is 0 Å². The number of hydrogen-bond donors (Lipinski definition) is 0. The fourth-order valence-corrected chi connectivity index (χ4v) is 1.99. The molecule has 1 aliphatic carbocycles. The van der Waals surface area contributed by atoms with Crippen molar-refractivity contribution in [1.29, 1.82) is 0 Å². The van der Waals surface area contributed by atoms with Crippen LogP contribution in [0, 0.1) is 11.8 Å². The fourth-order valence-electron chi connectivity index (χ4n) is 1.99. The van der Waals surface area contributed by atoms with Gasteiger partial charge in [0.25, 0.3) is 0 Å².